The molecule has 0 aliphatic heterocycles. The smallest absolute Gasteiger partial charge is 0.0663 e. The number of rotatable bonds is 4. The summed E-state index contributed by atoms with van der Waals surface area (Å²) in [7, 11) is 0. The molecule has 4 heteroatoms. The number of aliphatic hydroxyl groups is 2. The highest BCUT2D eigenvalue weighted by Gasteiger charge is 2.23. The third kappa shape index (κ3) is 4.31. The van der Waals surface area contributed by atoms with Gasteiger partial charge in [-0.15, -0.1) is 0 Å². The van der Waals surface area contributed by atoms with E-state index in [1.54, 1.807) is 13.8 Å². The normalized spacial score (nSPS) is 22.4. The van der Waals surface area contributed by atoms with Gasteiger partial charge in [-0.05, 0) is 20.3 Å². The molecule has 0 radical (unpaired) electrons. The highest BCUT2D eigenvalue weighted by Crippen LogP contribution is 2.08. The SMILES string of the molecule is CC(O)C(N)CC(C)(N)CO. The molecule has 68 valence electrons. The second-order valence-corrected chi connectivity index (χ2v) is 3.42. The average molecular weight is 162 g/mol. The van der Waals surface area contributed by atoms with Crippen LogP contribution in [0.15, 0.2) is 0 Å². The molecular weight excluding hydrogens is 144 g/mol. The minimum atomic E-state index is -0.684. The van der Waals surface area contributed by atoms with E-state index in [1.165, 1.54) is 0 Å². The van der Waals surface area contributed by atoms with E-state index >= 15 is 0 Å². The summed E-state index contributed by atoms with van der Waals surface area (Å²) in [5.41, 5.74) is 10.5. The Morgan fingerprint density at radius 2 is 2.00 bits per heavy atom. The molecule has 0 aromatic heterocycles. The Kier molecular flexibility index (Phi) is 3.96. The third-order valence-electron chi connectivity index (χ3n) is 1.68. The first kappa shape index (κ1) is 10.8. The van der Waals surface area contributed by atoms with Gasteiger partial charge in [0, 0.05) is 11.6 Å². The van der Waals surface area contributed by atoms with Crippen molar-refractivity contribution in [1.82, 2.24) is 0 Å². The van der Waals surface area contributed by atoms with Gasteiger partial charge in [-0.3, -0.25) is 0 Å². The molecule has 0 aliphatic carbocycles. The van der Waals surface area contributed by atoms with Crippen LogP contribution < -0.4 is 11.5 Å². The molecule has 0 rings (SSSR count). The summed E-state index contributed by atoms with van der Waals surface area (Å²) < 4.78 is 0. The second kappa shape index (κ2) is 4.01. The van der Waals surface area contributed by atoms with E-state index in [0.29, 0.717) is 6.42 Å². The molecule has 0 saturated carbocycles. The van der Waals surface area contributed by atoms with Crippen molar-refractivity contribution in [3.05, 3.63) is 0 Å². The average Bonchev–Trinajstić information content (AvgIpc) is 1.87. The third-order valence-corrected chi connectivity index (χ3v) is 1.68. The minimum absolute atomic E-state index is 0.118. The molecular formula is C7H18N2O2. The zero-order valence-electron chi connectivity index (χ0n) is 7.12. The molecule has 11 heavy (non-hydrogen) atoms. The molecule has 4 nitrogen and oxygen atoms in total. The summed E-state index contributed by atoms with van der Waals surface area (Å²) in [4.78, 5) is 0. The lowest BCUT2D eigenvalue weighted by Crippen LogP contribution is -2.48. The molecule has 0 aromatic rings. The molecule has 3 unspecified atom stereocenters. The molecule has 0 spiro atoms. The molecule has 3 atom stereocenters. The van der Waals surface area contributed by atoms with Crippen molar-refractivity contribution in [2.75, 3.05) is 6.61 Å². The summed E-state index contributed by atoms with van der Waals surface area (Å²) in [6, 6.07) is -0.364. The maximum absolute atomic E-state index is 9.02. The van der Waals surface area contributed by atoms with Crippen molar-refractivity contribution in [3.8, 4) is 0 Å². The second-order valence-electron chi connectivity index (χ2n) is 3.42. The highest BCUT2D eigenvalue weighted by atomic mass is 16.3. The lowest BCUT2D eigenvalue weighted by Gasteiger charge is -2.26. The fraction of sp³-hybridized carbons (Fsp3) is 1.00. The van der Waals surface area contributed by atoms with Crippen LogP contribution in [0, 0.1) is 0 Å². The standard InChI is InChI=1S/C7H18N2O2/c1-5(11)6(8)3-7(2,9)4-10/h5-6,10-11H,3-4,8-9H2,1-2H3. The largest absolute Gasteiger partial charge is 0.394 e. The van der Waals surface area contributed by atoms with Gasteiger partial charge in [0.05, 0.1) is 12.7 Å². The van der Waals surface area contributed by atoms with Crippen molar-refractivity contribution >= 4 is 0 Å². The van der Waals surface area contributed by atoms with E-state index in [9.17, 15) is 0 Å². The van der Waals surface area contributed by atoms with Gasteiger partial charge in [-0.25, -0.2) is 0 Å². The van der Waals surface area contributed by atoms with Gasteiger partial charge in [-0.1, -0.05) is 0 Å². The van der Waals surface area contributed by atoms with Crippen molar-refractivity contribution in [2.45, 2.75) is 38.0 Å². The molecule has 0 heterocycles. The predicted octanol–water partition coefficient (Wildman–Crippen LogP) is -1.21. The van der Waals surface area contributed by atoms with Gasteiger partial charge in [-0.2, -0.15) is 0 Å². The zero-order valence-corrected chi connectivity index (χ0v) is 7.12. The molecule has 0 aromatic carbocycles. The van der Waals surface area contributed by atoms with Crippen LogP contribution in [0.5, 0.6) is 0 Å². The number of nitrogens with two attached hydrogens (primary N) is 2. The first-order chi connectivity index (χ1) is 4.89. The van der Waals surface area contributed by atoms with Crippen LogP contribution in [0.4, 0.5) is 0 Å². The maximum Gasteiger partial charge on any atom is 0.0663 e. The summed E-state index contributed by atoms with van der Waals surface area (Å²) in [6.07, 6.45) is -0.161. The molecule has 0 saturated heterocycles. The van der Waals surface area contributed by atoms with E-state index < -0.39 is 11.6 Å². The molecule has 0 amide bonds. The topological polar surface area (TPSA) is 92.5 Å². The molecule has 0 fully saturated rings. The van der Waals surface area contributed by atoms with Crippen molar-refractivity contribution in [3.63, 3.8) is 0 Å². The number of hydrogen-bond donors (Lipinski definition) is 4. The van der Waals surface area contributed by atoms with E-state index in [1.807, 2.05) is 0 Å². The Bertz CT molecular complexity index is 115. The van der Waals surface area contributed by atoms with E-state index in [-0.39, 0.29) is 12.6 Å². The van der Waals surface area contributed by atoms with Gasteiger partial charge in [0.25, 0.3) is 0 Å². The summed E-state index contributed by atoms with van der Waals surface area (Å²) in [5.74, 6) is 0. The quantitative estimate of drug-likeness (QED) is 0.417. The van der Waals surface area contributed by atoms with E-state index in [4.69, 9.17) is 21.7 Å². The van der Waals surface area contributed by atoms with Crippen LogP contribution in [-0.4, -0.2) is 34.5 Å². The van der Waals surface area contributed by atoms with Gasteiger partial charge < -0.3 is 21.7 Å². The summed E-state index contributed by atoms with van der Waals surface area (Å²) in [6.45, 7) is 3.20. The molecule has 0 aliphatic rings. The minimum Gasteiger partial charge on any atom is -0.394 e. The fourth-order valence-electron chi connectivity index (χ4n) is 0.774. The Balaban J connectivity index is 3.83. The molecule has 6 N–H and O–H groups in total. The van der Waals surface area contributed by atoms with Crippen molar-refractivity contribution < 1.29 is 10.2 Å². The Hall–Kier alpha value is -0.160. The maximum atomic E-state index is 9.02. The molecule has 0 bridgehead atoms. The van der Waals surface area contributed by atoms with Crippen LogP contribution in [0.25, 0.3) is 0 Å². The van der Waals surface area contributed by atoms with Crippen LogP contribution in [-0.2, 0) is 0 Å². The monoisotopic (exact) mass is 162 g/mol. The van der Waals surface area contributed by atoms with Crippen molar-refractivity contribution in [1.29, 1.82) is 0 Å². The lowest BCUT2D eigenvalue weighted by atomic mass is 9.93. The van der Waals surface area contributed by atoms with E-state index in [0.717, 1.165) is 0 Å². The summed E-state index contributed by atoms with van der Waals surface area (Å²) >= 11 is 0. The van der Waals surface area contributed by atoms with Gasteiger partial charge in [0.2, 0.25) is 0 Å². The van der Waals surface area contributed by atoms with Crippen LogP contribution in [0.1, 0.15) is 20.3 Å². The van der Waals surface area contributed by atoms with E-state index in [2.05, 4.69) is 0 Å². The van der Waals surface area contributed by atoms with Gasteiger partial charge in [0.15, 0.2) is 0 Å². The Morgan fingerprint density at radius 3 is 2.27 bits per heavy atom. The Labute approximate surface area is 67.2 Å². The van der Waals surface area contributed by atoms with Crippen LogP contribution in [0.2, 0.25) is 0 Å². The predicted molar refractivity (Wildman–Crippen MR) is 44.0 cm³/mol. The number of aliphatic hydroxyl groups excluding tert-OH is 2. The van der Waals surface area contributed by atoms with Gasteiger partial charge in [0.1, 0.15) is 0 Å². The number of hydrogen-bond acceptors (Lipinski definition) is 4. The summed E-state index contributed by atoms with van der Waals surface area (Å²) in [5, 5.41) is 17.8. The van der Waals surface area contributed by atoms with Crippen molar-refractivity contribution in [2.24, 2.45) is 11.5 Å². The highest BCUT2D eigenvalue weighted by molar-refractivity contribution is 4.84. The first-order valence-electron chi connectivity index (χ1n) is 3.72. The first-order valence-corrected chi connectivity index (χ1v) is 3.72. The zero-order chi connectivity index (χ0) is 9.07. The fourth-order valence-corrected chi connectivity index (χ4v) is 0.774. The van der Waals surface area contributed by atoms with Crippen LogP contribution in [0.3, 0.4) is 0 Å². The van der Waals surface area contributed by atoms with Crippen LogP contribution >= 0.6 is 0 Å². The Morgan fingerprint density at radius 1 is 1.55 bits per heavy atom. The van der Waals surface area contributed by atoms with Gasteiger partial charge >= 0.3 is 0 Å². The lowest BCUT2D eigenvalue weighted by molar-refractivity contribution is 0.127.